The van der Waals surface area contributed by atoms with Gasteiger partial charge in [0, 0.05) is 0 Å². The minimum atomic E-state index is -0.494. The average molecular weight is 232 g/mol. The number of halogens is 2. The van der Waals surface area contributed by atoms with Crippen LogP contribution < -0.4 is 11.2 Å². The SMILES string of the molecule is NC(=S)N/N=C/c1ccc(Cl)c(F)c1. The fourth-order valence-electron chi connectivity index (χ4n) is 0.763. The summed E-state index contributed by atoms with van der Waals surface area (Å²) in [5.74, 6) is -0.494. The molecule has 1 rings (SSSR count). The van der Waals surface area contributed by atoms with Gasteiger partial charge in [-0.2, -0.15) is 5.10 Å². The standard InChI is InChI=1S/C8H7ClFN3S/c9-6-2-1-5(3-7(6)10)4-12-13-8(11)14/h1-4H,(H3,11,13,14)/b12-4+. The molecule has 0 aliphatic carbocycles. The maximum Gasteiger partial charge on any atom is 0.184 e. The second-order valence-electron chi connectivity index (χ2n) is 2.41. The Morgan fingerprint density at radius 1 is 1.64 bits per heavy atom. The van der Waals surface area contributed by atoms with Crippen LogP contribution in [0.1, 0.15) is 5.56 Å². The van der Waals surface area contributed by atoms with Crippen molar-refractivity contribution in [3.05, 3.63) is 34.6 Å². The molecule has 0 bridgehead atoms. The fraction of sp³-hybridized carbons (Fsp3) is 0. The Bertz CT molecular complexity index is 381. The molecule has 0 saturated carbocycles. The van der Waals surface area contributed by atoms with Crippen LogP contribution >= 0.6 is 23.8 Å². The van der Waals surface area contributed by atoms with Gasteiger partial charge in [0.15, 0.2) is 5.11 Å². The summed E-state index contributed by atoms with van der Waals surface area (Å²) >= 11 is 10.0. The molecule has 6 heteroatoms. The average Bonchev–Trinajstić information content (AvgIpc) is 2.10. The van der Waals surface area contributed by atoms with Crippen LogP contribution in [0.2, 0.25) is 5.02 Å². The lowest BCUT2D eigenvalue weighted by molar-refractivity contribution is 0.628. The first-order valence-corrected chi connectivity index (χ1v) is 4.42. The lowest BCUT2D eigenvalue weighted by Gasteiger charge is -1.96. The van der Waals surface area contributed by atoms with Crippen LogP contribution in [0.15, 0.2) is 23.3 Å². The van der Waals surface area contributed by atoms with Crippen LogP contribution in [0, 0.1) is 5.82 Å². The van der Waals surface area contributed by atoms with Crippen LogP contribution in [-0.2, 0) is 0 Å². The maximum atomic E-state index is 12.9. The molecule has 0 aromatic heterocycles. The van der Waals surface area contributed by atoms with Gasteiger partial charge >= 0.3 is 0 Å². The van der Waals surface area contributed by atoms with Crippen molar-refractivity contribution in [3.63, 3.8) is 0 Å². The van der Waals surface area contributed by atoms with Gasteiger partial charge in [0.05, 0.1) is 11.2 Å². The molecule has 14 heavy (non-hydrogen) atoms. The largest absolute Gasteiger partial charge is 0.375 e. The second-order valence-corrected chi connectivity index (χ2v) is 3.25. The molecule has 3 N–H and O–H groups in total. The highest BCUT2D eigenvalue weighted by atomic mass is 35.5. The van der Waals surface area contributed by atoms with Crippen LogP contribution in [0.25, 0.3) is 0 Å². The monoisotopic (exact) mass is 231 g/mol. The van der Waals surface area contributed by atoms with E-state index < -0.39 is 5.82 Å². The van der Waals surface area contributed by atoms with E-state index in [1.807, 2.05) is 0 Å². The number of nitrogens with two attached hydrogens (primary N) is 1. The van der Waals surface area contributed by atoms with E-state index in [0.717, 1.165) is 0 Å². The molecule has 0 radical (unpaired) electrons. The third-order valence-corrected chi connectivity index (χ3v) is 1.73. The van der Waals surface area contributed by atoms with Gasteiger partial charge in [0.1, 0.15) is 5.82 Å². The number of hydrogen-bond acceptors (Lipinski definition) is 2. The molecule has 0 atom stereocenters. The first kappa shape index (κ1) is 10.9. The Kier molecular flexibility index (Phi) is 3.79. The first-order valence-electron chi connectivity index (χ1n) is 3.63. The zero-order valence-corrected chi connectivity index (χ0v) is 8.57. The van der Waals surface area contributed by atoms with Crippen molar-refractivity contribution < 1.29 is 4.39 Å². The van der Waals surface area contributed by atoms with Gasteiger partial charge in [-0.05, 0) is 29.9 Å². The third kappa shape index (κ3) is 3.27. The molecule has 74 valence electrons. The molecule has 0 fully saturated rings. The number of rotatable bonds is 2. The summed E-state index contributed by atoms with van der Waals surface area (Å²) in [6, 6.07) is 4.32. The van der Waals surface area contributed by atoms with Crippen molar-refractivity contribution in [2.24, 2.45) is 10.8 Å². The number of benzene rings is 1. The summed E-state index contributed by atoms with van der Waals surface area (Å²) in [6.07, 6.45) is 1.39. The van der Waals surface area contributed by atoms with E-state index in [-0.39, 0.29) is 10.1 Å². The molecule has 0 spiro atoms. The number of nitrogens with one attached hydrogen (secondary N) is 1. The van der Waals surface area contributed by atoms with E-state index in [2.05, 4.69) is 22.7 Å². The summed E-state index contributed by atoms with van der Waals surface area (Å²) in [5, 5.41) is 3.79. The van der Waals surface area contributed by atoms with Gasteiger partial charge in [0.25, 0.3) is 0 Å². The summed E-state index contributed by atoms with van der Waals surface area (Å²) in [5.41, 5.74) is 8.04. The number of hydrazone groups is 1. The molecule has 0 aliphatic rings. The van der Waals surface area contributed by atoms with Gasteiger partial charge in [-0.15, -0.1) is 0 Å². The van der Waals surface area contributed by atoms with Crippen molar-refractivity contribution in [1.82, 2.24) is 5.43 Å². The van der Waals surface area contributed by atoms with Crippen molar-refractivity contribution >= 4 is 35.1 Å². The van der Waals surface area contributed by atoms with E-state index in [1.165, 1.54) is 18.3 Å². The quantitative estimate of drug-likeness (QED) is 0.462. The van der Waals surface area contributed by atoms with Gasteiger partial charge in [-0.1, -0.05) is 17.7 Å². The summed E-state index contributed by atoms with van der Waals surface area (Å²) in [7, 11) is 0. The molecular weight excluding hydrogens is 225 g/mol. The molecule has 3 nitrogen and oxygen atoms in total. The summed E-state index contributed by atoms with van der Waals surface area (Å²) < 4.78 is 12.9. The molecular formula is C8H7ClFN3S. The lowest BCUT2D eigenvalue weighted by Crippen LogP contribution is -2.23. The minimum Gasteiger partial charge on any atom is -0.375 e. The Hall–Kier alpha value is -1.20. The Morgan fingerprint density at radius 2 is 2.36 bits per heavy atom. The van der Waals surface area contributed by atoms with E-state index in [1.54, 1.807) is 6.07 Å². The zero-order chi connectivity index (χ0) is 10.6. The van der Waals surface area contributed by atoms with Crippen molar-refractivity contribution in [2.45, 2.75) is 0 Å². The van der Waals surface area contributed by atoms with Crippen molar-refractivity contribution in [3.8, 4) is 0 Å². The van der Waals surface area contributed by atoms with E-state index in [4.69, 9.17) is 17.3 Å². The highest BCUT2D eigenvalue weighted by Gasteiger charge is 1.98. The lowest BCUT2D eigenvalue weighted by atomic mass is 10.2. The predicted molar refractivity (Wildman–Crippen MR) is 58.9 cm³/mol. The number of thiocarbonyl (C=S) groups is 1. The zero-order valence-electron chi connectivity index (χ0n) is 7.00. The number of nitrogens with zero attached hydrogens (tertiary/aromatic N) is 1. The molecule has 0 heterocycles. The second kappa shape index (κ2) is 4.88. The maximum absolute atomic E-state index is 12.9. The van der Waals surface area contributed by atoms with E-state index >= 15 is 0 Å². The van der Waals surface area contributed by atoms with Gasteiger partial charge < -0.3 is 5.73 Å². The molecule has 1 aromatic rings. The summed E-state index contributed by atoms with van der Waals surface area (Å²) in [6.45, 7) is 0. The topological polar surface area (TPSA) is 50.4 Å². The van der Waals surface area contributed by atoms with Crippen LogP contribution in [0.3, 0.4) is 0 Å². The molecule has 0 unspecified atom stereocenters. The molecule has 0 aliphatic heterocycles. The van der Waals surface area contributed by atoms with E-state index in [0.29, 0.717) is 5.56 Å². The smallest absolute Gasteiger partial charge is 0.184 e. The first-order chi connectivity index (χ1) is 6.59. The highest BCUT2D eigenvalue weighted by molar-refractivity contribution is 7.80. The third-order valence-electron chi connectivity index (χ3n) is 1.33. The summed E-state index contributed by atoms with van der Waals surface area (Å²) in [4.78, 5) is 0. The van der Waals surface area contributed by atoms with Crippen LogP contribution in [0.4, 0.5) is 4.39 Å². The van der Waals surface area contributed by atoms with Crippen LogP contribution in [-0.4, -0.2) is 11.3 Å². The molecule has 1 aromatic carbocycles. The van der Waals surface area contributed by atoms with E-state index in [9.17, 15) is 4.39 Å². The number of hydrogen-bond donors (Lipinski definition) is 2. The van der Waals surface area contributed by atoms with Crippen molar-refractivity contribution in [2.75, 3.05) is 0 Å². The fourth-order valence-corrected chi connectivity index (χ4v) is 0.933. The predicted octanol–water partition coefficient (Wildman–Crippen LogP) is 1.65. The Balaban J connectivity index is 2.73. The van der Waals surface area contributed by atoms with Gasteiger partial charge in [-0.25, -0.2) is 4.39 Å². The minimum absolute atomic E-state index is 0.0516. The Labute approximate surface area is 90.7 Å². The molecule has 0 saturated heterocycles. The highest BCUT2D eigenvalue weighted by Crippen LogP contribution is 2.14. The van der Waals surface area contributed by atoms with Crippen LogP contribution in [0.5, 0.6) is 0 Å². The van der Waals surface area contributed by atoms with Crippen molar-refractivity contribution in [1.29, 1.82) is 0 Å². The normalized spacial score (nSPS) is 10.4. The van der Waals surface area contributed by atoms with Gasteiger partial charge in [0.2, 0.25) is 0 Å². The molecule has 0 amide bonds. The van der Waals surface area contributed by atoms with Gasteiger partial charge in [-0.3, -0.25) is 5.43 Å². The Morgan fingerprint density at radius 3 is 2.93 bits per heavy atom.